The first-order valence-electron chi connectivity index (χ1n) is 8.86. The van der Waals surface area contributed by atoms with Gasteiger partial charge in [-0.2, -0.15) is 5.10 Å². The fraction of sp³-hybridized carbons (Fsp3) is 0.381. The Morgan fingerprint density at radius 2 is 1.80 bits per heavy atom. The van der Waals surface area contributed by atoms with Gasteiger partial charge in [-0.05, 0) is 37.1 Å². The third-order valence-electron chi connectivity index (χ3n) is 4.74. The molecule has 0 aromatic heterocycles. The zero-order valence-electron chi connectivity index (χ0n) is 15.4. The highest BCUT2D eigenvalue weighted by molar-refractivity contribution is 5.83. The first-order valence-corrected chi connectivity index (χ1v) is 8.86. The number of piperazine rings is 1. The minimum atomic E-state index is 0.861. The minimum absolute atomic E-state index is 0.861. The molecule has 1 aliphatic heterocycles. The standard InChI is InChI=1S/C21H27N3O/c1-17-8-9-20(18(2)14-17)16-23-10-12-24(13-11-23)22-15-19-6-4-5-7-21(19)25-3/h4-9,14-15H,10-13,16H2,1-3H3/b22-15+. The third-order valence-corrected chi connectivity index (χ3v) is 4.74. The van der Waals surface area contributed by atoms with Gasteiger partial charge in [0.05, 0.1) is 13.3 Å². The van der Waals surface area contributed by atoms with E-state index in [1.807, 2.05) is 30.5 Å². The predicted octanol–water partition coefficient (Wildman–Crippen LogP) is 3.46. The summed E-state index contributed by atoms with van der Waals surface area (Å²) in [5.41, 5.74) is 5.16. The van der Waals surface area contributed by atoms with E-state index < -0.39 is 0 Å². The van der Waals surface area contributed by atoms with Crippen molar-refractivity contribution in [3.05, 3.63) is 64.7 Å². The van der Waals surface area contributed by atoms with Crippen molar-refractivity contribution in [2.75, 3.05) is 33.3 Å². The maximum atomic E-state index is 5.37. The quantitative estimate of drug-likeness (QED) is 0.782. The molecular weight excluding hydrogens is 310 g/mol. The summed E-state index contributed by atoms with van der Waals surface area (Å²) in [6, 6.07) is 14.7. The monoisotopic (exact) mass is 337 g/mol. The average molecular weight is 337 g/mol. The van der Waals surface area contributed by atoms with Gasteiger partial charge in [0.2, 0.25) is 0 Å². The first kappa shape index (κ1) is 17.5. The molecule has 4 heteroatoms. The van der Waals surface area contributed by atoms with Crippen LogP contribution in [0, 0.1) is 13.8 Å². The minimum Gasteiger partial charge on any atom is -0.496 e. The summed E-state index contributed by atoms with van der Waals surface area (Å²) in [4.78, 5) is 2.51. The molecule has 1 saturated heterocycles. The number of para-hydroxylation sites is 1. The maximum absolute atomic E-state index is 5.37. The van der Waals surface area contributed by atoms with Gasteiger partial charge >= 0.3 is 0 Å². The molecule has 2 aromatic carbocycles. The number of hydrogen-bond donors (Lipinski definition) is 0. The van der Waals surface area contributed by atoms with Gasteiger partial charge in [0.1, 0.15) is 5.75 Å². The first-order chi connectivity index (χ1) is 12.2. The fourth-order valence-corrected chi connectivity index (χ4v) is 3.19. The van der Waals surface area contributed by atoms with Crippen molar-refractivity contribution in [2.45, 2.75) is 20.4 Å². The largest absolute Gasteiger partial charge is 0.496 e. The number of methoxy groups -OCH3 is 1. The molecule has 0 atom stereocenters. The maximum Gasteiger partial charge on any atom is 0.127 e. The number of nitrogens with zero attached hydrogens (tertiary/aromatic N) is 3. The molecule has 1 heterocycles. The van der Waals surface area contributed by atoms with Gasteiger partial charge in [0.25, 0.3) is 0 Å². The Morgan fingerprint density at radius 1 is 1.04 bits per heavy atom. The lowest BCUT2D eigenvalue weighted by molar-refractivity contribution is 0.131. The molecule has 1 fully saturated rings. The van der Waals surface area contributed by atoms with Gasteiger partial charge in [0.15, 0.2) is 0 Å². The van der Waals surface area contributed by atoms with E-state index in [-0.39, 0.29) is 0 Å². The molecule has 25 heavy (non-hydrogen) atoms. The van der Waals surface area contributed by atoms with Crippen LogP contribution in [0.4, 0.5) is 0 Å². The van der Waals surface area contributed by atoms with Crippen LogP contribution in [0.3, 0.4) is 0 Å². The van der Waals surface area contributed by atoms with Crippen molar-refractivity contribution in [2.24, 2.45) is 5.10 Å². The van der Waals surface area contributed by atoms with Crippen LogP contribution in [-0.4, -0.2) is 49.4 Å². The van der Waals surface area contributed by atoms with Gasteiger partial charge < -0.3 is 4.74 Å². The van der Waals surface area contributed by atoms with Gasteiger partial charge in [-0.3, -0.25) is 9.91 Å². The summed E-state index contributed by atoms with van der Waals surface area (Å²) in [5, 5.41) is 6.78. The van der Waals surface area contributed by atoms with E-state index in [9.17, 15) is 0 Å². The summed E-state index contributed by atoms with van der Waals surface area (Å²) < 4.78 is 5.37. The summed E-state index contributed by atoms with van der Waals surface area (Å²) in [6.45, 7) is 9.36. The van der Waals surface area contributed by atoms with Gasteiger partial charge in [0, 0.05) is 38.3 Å². The highest BCUT2D eigenvalue weighted by Crippen LogP contribution is 2.16. The molecule has 0 spiro atoms. The van der Waals surface area contributed by atoms with E-state index in [1.165, 1.54) is 16.7 Å². The number of ether oxygens (including phenoxy) is 1. The number of rotatable bonds is 5. The zero-order valence-corrected chi connectivity index (χ0v) is 15.4. The molecule has 0 radical (unpaired) electrons. The second kappa shape index (κ2) is 8.17. The zero-order chi connectivity index (χ0) is 17.6. The Labute approximate surface area is 150 Å². The van der Waals surface area contributed by atoms with E-state index in [4.69, 9.17) is 4.74 Å². The molecule has 0 amide bonds. The second-order valence-corrected chi connectivity index (χ2v) is 6.65. The Kier molecular flexibility index (Phi) is 5.71. The molecular formula is C21H27N3O. The summed E-state index contributed by atoms with van der Waals surface area (Å²) in [7, 11) is 1.69. The van der Waals surface area contributed by atoms with Crippen LogP contribution in [0.1, 0.15) is 22.3 Å². The van der Waals surface area contributed by atoms with Crippen molar-refractivity contribution in [1.82, 2.24) is 9.91 Å². The van der Waals surface area contributed by atoms with Crippen LogP contribution in [0.2, 0.25) is 0 Å². The normalized spacial score (nSPS) is 15.7. The summed E-state index contributed by atoms with van der Waals surface area (Å²) in [5.74, 6) is 0.861. The molecule has 0 bridgehead atoms. The highest BCUT2D eigenvalue weighted by atomic mass is 16.5. The Balaban J connectivity index is 1.54. The lowest BCUT2D eigenvalue weighted by atomic mass is 10.1. The van der Waals surface area contributed by atoms with E-state index in [1.54, 1.807) is 7.11 Å². The van der Waals surface area contributed by atoms with E-state index in [2.05, 4.69) is 47.1 Å². The van der Waals surface area contributed by atoms with Gasteiger partial charge in [-0.25, -0.2) is 0 Å². The molecule has 132 valence electrons. The van der Waals surface area contributed by atoms with Gasteiger partial charge in [-0.15, -0.1) is 0 Å². The fourth-order valence-electron chi connectivity index (χ4n) is 3.19. The molecule has 0 N–H and O–H groups in total. The molecule has 3 rings (SSSR count). The smallest absolute Gasteiger partial charge is 0.127 e. The van der Waals surface area contributed by atoms with Crippen molar-refractivity contribution < 1.29 is 4.74 Å². The van der Waals surface area contributed by atoms with Crippen molar-refractivity contribution in [1.29, 1.82) is 0 Å². The molecule has 2 aromatic rings. The Morgan fingerprint density at radius 3 is 2.52 bits per heavy atom. The van der Waals surface area contributed by atoms with Gasteiger partial charge in [-0.1, -0.05) is 35.9 Å². The number of hydrazone groups is 1. The van der Waals surface area contributed by atoms with E-state index >= 15 is 0 Å². The Bertz CT molecular complexity index is 734. The van der Waals surface area contributed by atoms with Crippen LogP contribution in [0.5, 0.6) is 5.75 Å². The number of hydrogen-bond acceptors (Lipinski definition) is 4. The molecule has 1 aliphatic rings. The van der Waals surface area contributed by atoms with Crippen molar-refractivity contribution in [3.8, 4) is 5.75 Å². The van der Waals surface area contributed by atoms with E-state index in [0.29, 0.717) is 0 Å². The predicted molar refractivity (Wildman–Crippen MR) is 103 cm³/mol. The molecule has 0 saturated carbocycles. The van der Waals surface area contributed by atoms with Crippen LogP contribution in [0.15, 0.2) is 47.6 Å². The number of benzene rings is 2. The van der Waals surface area contributed by atoms with E-state index in [0.717, 1.165) is 44.0 Å². The third kappa shape index (κ3) is 4.60. The molecule has 0 aliphatic carbocycles. The van der Waals surface area contributed by atoms with Crippen LogP contribution < -0.4 is 4.74 Å². The molecule has 0 unspecified atom stereocenters. The van der Waals surface area contributed by atoms with Crippen LogP contribution in [0.25, 0.3) is 0 Å². The molecule has 4 nitrogen and oxygen atoms in total. The van der Waals surface area contributed by atoms with Crippen LogP contribution >= 0.6 is 0 Å². The van der Waals surface area contributed by atoms with Crippen molar-refractivity contribution in [3.63, 3.8) is 0 Å². The highest BCUT2D eigenvalue weighted by Gasteiger charge is 2.16. The topological polar surface area (TPSA) is 28.1 Å². The summed E-state index contributed by atoms with van der Waals surface area (Å²) in [6.07, 6.45) is 1.90. The van der Waals surface area contributed by atoms with Crippen molar-refractivity contribution >= 4 is 6.21 Å². The lowest BCUT2D eigenvalue weighted by Gasteiger charge is -2.33. The van der Waals surface area contributed by atoms with Crippen LogP contribution in [-0.2, 0) is 6.54 Å². The number of aryl methyl sites for hydroxylation is 2. The average Bonchev–Trinajstić information content (AvgIpc) is 2.63. The second-order valence-electron chi connectivity index (χ2n) is 6.65. The summed E-state index contributed by atoms with van der Waals surface area (Å²) >= 11 is 0. The SMILES string of the molecule is COc1ccccc1/C=N/N1CCN(Cc2ccc(C)cc2C)CC1. The lowest BCUT2D eigenvalue weighted by Crippen LogP contribution is -2.43. The Hall–Kier alpha value is -2.33.